The summed E-state index contributed by atoms with van der Waals surface area (Å²) in [5.41, 5.74) is 2.45. The van der Waals surface area contributed by atoms with Crippen molar-refractivity contribution < 1.29 is 13.9 Å². The number of nitrogens with one attached hydrogen (secondary N) is 1. The summed E-state index contributed by atoms with van der Waals surface area (Å²) in [6, 6.07) is 13.4. The number of para-hydroxylation sites is 1. The molecule has 0 aliphatic carbocycles. The van der Waals surface area contributed by atoms with E-state index in [1.807, 2.05) is 30.3 Å². The third-order valence-electron chi connectivity index (χ3n) is 3.21. The Hall–Kier alpha value is -2.88. The predicted octanol–water partition coefficient (Wildman–Crippen LogP) is 3.80. The van der Waals surface area contributed by atoms with E-state index in [1.165, 1.54) is 30.3 Å². The third kappa shape index (κ3) is 3.41. The Kier molecular flexibility index (Phi) is 4.01. The maximum absolute atomic E-state index is 12.8. The molecular weight excluding hydrogens is 281 g/mol. The van der Waals surface area contributed by atoms with Crippen LogP contribution in [-0.4, -0.2) is 12.5 Å². The third-order valence-corrected chi connectivity index (χ3v) is 3.21. The zero-order chi connectivity index (χ0) is 15.4. The Morgan fingerprint density at radius 2 is 1.91 bits per heavy atom. The van der Waals surface area contributed by atoms with Crippen molar-refractivity contribution in [2.24, 2.45) is 0 Å². The molecule has 0 spiro atoms. The monoisotopic (exact) mass is 295 g/mol. The van der Waals surface area contributed by atoms with E-state index in [2.05, 4.69) is 5.32 Å². The van der Waals surface area contributed by atoms with Gasteiger partial charge in [-0.15, -0.1) is 0 Å². The fraction of sp³-hybridized carbons (Fsp3) is 0.0556. The van der Waals surface area contributed by atoms with Gasteiger partial charge in [-0.3, -0.25) is 4.79 Å². The van der Waals surface area contributed by atoms with Crippen LogP contribution < -0.4 is 10.1 Å². The van der Waals surface area contributed by atoms with Crippen molar-refractivity contribution in [2.45, 2.75) is 0 Å². The van der Waals surface area contributed by atoms with Crippen LogP contribution in [0.3, 0.4) is 0 Å². The largest absolute Gasteiger partial charge is 0.488 e. The minimum absolute atomic E-state index is 0.272. The molecular formula is C18H14FNO2. The van der Waals surface area contributed by atoms with Crippen molar-refractivity contribution in [3.8, 4) is 5.75 Å². The zero-order valence-electron chi connectivity index (χ0n) is 11.8. The fourth-order valence-electron chi connectivity index (χ4n) is 2.13. The molecule has 0 aromatic heterocycles. The molecule has 0 bridgehead atoms. The highest BCUT2D eigenvalue weighted by Gasteiger charge is 2.08. The smallest absolute Gasteiger partial charge is 0.248 e. The topological polar surface area (TPSA) is 38.3 Å². The molecule has 2 aromatic rings. The van der Waals surface area contributed by atoms with Crippen LogP contribution in [0.15, 0.2) is 66.3 Å². The van der Waals surface area contributed by atoms with Gasteiger partial charge in [0.2, 0.25) is 5.91 Å². The second-order valence-corrected chi connectivity index (χ2v) is 4.88. The summed E-state index contributed by atoms with van der Waals surface area (Å²) in [7, 11) is 0. The van der Waals surface area contributed by atoms with Gasteiger partial charge in [-0.25, -0.2) is 4.39 Å². The van der Waals surface area contributed by atoms with Crippen LogP contribution in [0, 0.1) is 5.82 Å². The minimum atomic E-state index is -0.336. The van der Waals surface area contributed by atoms with E-state index in [-0.39, 0.29) is 11.7 Å². The second kappa shape index (κ2) is 6.26. The lowest BCUT2D eigenvalue weighted by Crippen LogP contribution is -2.09. The average Bonchev–Trinajstić information content (AvgIpc) is 2.55. The zero-order valence-corrected chi connectivity index (χ0v) is 11.8. The molecule has 3 rings (SSSR count). The number of carbonyl (C=O) groups is 1. The van der Waals surface area contributed by atoms with Crippen molar-refractivity contribution >= 4 is 17.7 Å². The number of anilines is 1. The van der Waals surface area contributed by atoms with Gasteiger partial charge in [0.05, 0.1) is 0 Å². The molecule has 0 fully saturated rings. The van der Waals surface area contributed by atoms with Crippen molar-refractivity contribution in [1.82, 2.24) is 0 Å². The molecule has 1 N–H and O–H groups in total. The fourth-order valence-corrected chi connectivity index (χ4v) is 2.13. The van der Waals surface area contributed by atoms with Gasteiger partial charge in [0.25, 0.3) is 0 Å². The molecule has 0 unspecified atom stereocenters. The summed E-state index contributed by atoms with van der Waals surface area (Å²) >= 11 is 0. The van der Waals surface area contributed by atoms with Gasteiger partial charge in [-0.1, -0.05) is 24.3 Å². The number of hydrogen-bond acceptors (Lipinski definition) is 2. The van der Waals surface area contributed by atoms with Crippen LogP contribution in [0.1, 0.15) is 5.56 Å². The van der Waals surface area contributed by atoms with E-state index < -0.39 is 0 Å². The first-order valence-electron chi connectivity index (χ1n) is 6.88. The first-order valence-corrected chi connectivity index (χ1v) is 6.88. The van der Waals surface area contributed by atoms with Crippen LogP contribution in [0.25, 0.3) is 6.08 Å². The second-order valence-electron chi connectivity index (χ2n) is 4.88. The number of rotatable bonds is 3. The number of benzene rings is 2. The molecule has 1 aliphatic rings. The molecule has 0 atom stereocenters. The summed E-state index contributed by atoms with van der Waals surface area (Å²) in [5, 5.41) is 2.67. The average molecular weight is 295 g/mol. The Labute approximate surface area is 127 Å². The molecule has 1 amide bonds. The van der Waals surface area contributed by atoms with Crippen molar-refractivity contribution in [3.63, 3.8) is 0 Å². The number of fused-ring (bicyclic) bond motifs is 1. The summed E-state index contributed by atoms with van der Waals surface area (Å²) in [6.45, 7) is 0.428. The van der Waals surface area contributed by atoms with Gasteiger partial charge in [-0.2, -0.15) is 0 Å². The number of hydrogen-bond donors (Lipinski definition) is 1. The van der Waals surface area contributed by atoms with Crippen LogP contribution in [-0.2, 0) is 4.79 Å². The Morgan fingerprint density at radius 3 is 2.73 bits per heavy atom. The molecule has 0 saturated carbocycles. The summed E-state index contributed by atoms with van der Waals surface area (Å²) < 4.78 is 18.4. The number of halogens is 1. The SMILES string of the molecule is O=C(C=CC1=Cc2ccccc2OC1)Nc1ccc(F)cc1. The molecule has 22 heavy (non-hydrogen) atoms. The lowest BCUT2D eigenvalue weighted by molar-refractivity contribution is -0.111. The van der Waals surface area contributed by atoms with Crippen molar-refractivity contribution in [3.05, 3.63) is 77.6 Å². The highest BCUT2D eigenvalue weighted by atomic mass is 19.1. The van der Waals surface area contributed by atoms with E-state index in [0.29, 0.717) is 12.3 Å². The quantitative estimate of drug-likeness (QED) is 0.875. The van der Waals surface area contributed by atoms with E-state index in [4.69, 9.17) is 4.74 Å². The summed E-state index contributed by atoms with van der Waals surface area (Å²) in [4.78, 5) is 11.8. The molecule has 0 saturated heterocycles. The highest BCUT2D eigenvalue weighted by molar-refractivity contribution is 5.99. The van der Waals surface area contributed by atoms with E-state index in [0.717, 1.165) is 16.9 Å². The van der Waals surface area contributed by atoms with Gasteiger partial charge in [-0.05, 0) is 42.0 Å². The van der Waals surface area contributed by atoms with Crippen molar-refractivity contribution in [1.29, 1.82) is 0 Å². The number of amides is 1. The van der Waals surface area contributed by atoms with Gasteiger partial charge in [0.1, 0.15) is 18.2 Å². The van der Waals surface area contributed by atoms with Gasteiger partial charge < -0.3 is 10.1 Å². The van der Waals surface area contributed by atoms with Gasteiger partial charge in [0, 0.05) is 17.3 Å². The summed E-state index contributed by atoms with van der Waals surface area (Å²) in [5.74, 6) is 0.235. The Balaban J connectivity index is 1.66. The molecule has 2 aromatic carbocycles. The molecule has 0 radical (unpaired) electrons. The lowest BCUT2D eigenvalue weighted by Gasteiger charge is -2.15. The minimum Gasteiger partial charge on any atom is -0.488 e. The number of ether oxygens (including phenoxy) is 1. The molecule has 4 heteroatoms. The predicted molar refractivity (Wildman–Crippen MR) is 84.1 cm³/mol. The van der Waals surface area contributed by atoms with E-state index >= 15 is 0 Å². The van der Waals surface area contributed by atoms with E-state index in [9.17, 15) is 9.18 Å². The standard InChI is InChI=1S/C18H14FNO2/c19-15-6-8-16(9-7-15)20-18(21)10-5-13-11-14-3-1-2-4-17(14)22-12-13/h1-11H,12H2,(H,20,21). The molecule has 1 heterocycles. The first kappa shape index (κ1) is 14.1. The lowest BCUT2D eigenvalue weighted by atomic mass is 10.1. The van der Waals surface area contributed by atoms with Crippen LogP contribution in [0.4, 0.5) is 10.1 Å². The normalized spacial score (nSPS) is 13.2. The Morgan fingerprint density at radius 1 is 1.14 bits per heavy atom. The van der Waals surface area contributed by atoms with Crippen LogP contribution in [0.2, 0.25) is 0 Å². The van der Waals surface area contributed by atoms with E-state index in [1.54, 1.807) is 6.08 Å². The first-order chi connectivity index (χ1) is 10.7. The number of carbonyl (C=O) groups excluding carboxylic acids is 1. The maximum Gasteiger partial charge on any atom is 0.248 e. The molecule has 110 valence electrons. The van der Waals surface area contributed by atoms with Crippen LogP contribution >= 0.6 is 0 Å². The Bertz CT molecular complexity index is 748. The highest BCUT2D eigenvalue weighted by Crippen LogP contribution is 2.25. The van der Waals surface area contributed by atoms with Gasteiger partial charge in [0.15, 0.2) is 0 Å². The van der Waals surface area contributed by atoms with Crippen LogP contribution in [0.5, 0.6) is 5.75 Å². The molecule has 1 aliphatic heterocycles. The summed E-state index contributed by atoms with van der Waals surface area (Å²) in [6.07, 6.45) is 5.14. The van der Waals surface area contributed by atoms with Gasteiger partial charge >= 0.3 is 0 Å². The maximum atomic E-state index is 12.8. The molecule has 3 nitrogen and oxygen atoms in total. The van der Waals surface area contributed by atoms with Crippen molar-refractivity contribution in [2.75, 3.05) is 11.9 Å².